The zero-order valence-electron chi connectivity index (χ0n) is 17.2. The average Bonchev–Trinajstić information content (AvgIpc) is 2.61. The van der Waals surface area contributed by atoms with E-state index in [4.69, 9.17) is 28.8 Å². The third kappa shape index (κ3) is 11.3. The van der Waals surface area contributed by atoms with E-state index in [1.54, 1.807) is 20.8 Å². The molecule has 8 nitrogen and oxygen atoms in total. The predicted octanol–water partition coefficient (Wildman–Crippen LogP) is 3.47. The zero-order chi connectivity index (χ0) is 20.5. The van der Waals surface area contributed by atoms with Crippen molar-refractivity contribution in [3.05, 3.63) is 0 Å². The van der Waals surface area contributed by atoms with Crippen molar-refractivity contribution in [3.63, 3.8) is 0 Å². The van der Waals surface area contributed by atoms with Crippen molar-refractivity contribution in [2.24, 2.45) is 0 Å². The molecule has 27 heavy (non-hydrogen) atoms. The van der Waals surface area contributed by atoms with Crippen LogP contribution in [0.1, 0.15) is 72.6 Å². The first-order chi connectivity index (χ1) is 13.0. The maximum Gasteiger partial charge on any atom is 0.349 e. The van der Waals surface area contributed by atoms with Crippen LogP contribution < -0.4 is 0 Å². The first-order valence-electron chi connectivity index (χ1n) is 9.90. The van der Waals surface area contributed by atoms with E-state index in [1.807, 2.05) is 0 Å². The van der Waals surface area contributed by atoms with Crippen LogP contribution in [0.15, 0.2) is 0 Å². The van der Waals surface area contributed by atoms with Crippen LogP contribution in [-0.4, -0.2) is 55.7 Å². The van der Waals surface area contributed by atoms with Gasteiger partial charge in [0.15, 0.2) is 0 Å². The highest BCUT2D eigenvalue weighted by Crippen LogP contribution is 2.25. The Morgan fingerprint density at radius 3 is 1.89 bits per heavy atom. The van der Waals surface area contributed by atoms with Crippen LogP contribution in [0.4, 0.5) is 0 Å². The van der Waals surface area contributed by atoms with Crippen molar-refractivity contribution in [3.8, 4) is 0 Å². The molecule has 0 aliphatic heterocycles. The van der Waals surface area contributed by atoms with E-state index < -0.39 is 24.2 Å². The molecule has 1 unspecified atom stereocenters. The summed E-state index contributed by atoms with van der Waals surface area (Å²) in [5, 5.41) is 8.66. The Hall–Kier alpha value is -1.22. The molecule has 0 radical (unpaired) electrons. The molecule has 160 valence electrons. The molecule has 0 fully saturated rings. The number of ether oxygens (including phenoxy) is 5. The van der Waals surface area contributed by atoms with Crippen molar-refractivity contribution in [1.29, 1.82) is 0 Å². The number of rotatable bonds is 18. The van der Waals surface area contributed by atoms with E-state index in [-0.39, 0.29) is 32.7 Å². The standard InChI is InChI=1S/C19H36O8/c1-5-9-12-15-23-18(19(24-6-2,25-7-3)26-8-4)27-17(22)14-11-10-13-16(20)21/h18H,5-15H2,1-4H3,(H,20,21). The first kappa shape index (κ1) is 25.8. The van der Waals surface area contributed by atoms with Crippen molar-refractivity contribution in [2.75, 3.05) is 26.4 Å². The van der Waals surface area contributed by atoms with Crippen LogP contribution in [0.25, 0.3) is 0 Å². The lowest BCUT2D eigenvalue weighted by molar-refractivity contribution is -0.447. The van der Waals surface area contributed by atoms with Gasteiger partial charge in [-0.05, 0) is 40.0 Å². The van der Waals surface area contributed by atoms with Crippen molar-refractivity contribution in [2.45, 2.75) is 84.9 Å². The predicted molar refractivity (Wildman–Crippen MR) is 99.1 cm³/mol. The molecule has 0 saturated carbocycles. The van der Waals surface area contributed by atoms with Crippen molar-refractivity contribution in [1.82, 2.24) is 0 Å². The smallest absolute Gasteiger partial charge is 0.349 e. The van der Waals surface area contributed by atoms with E-state index in [0.29, 0.717) is 19.4 Å². The Morgan fingerprint density at radius 2 is 1.41 bits per heavy atom. The average molecular weight is 392 g/mol. The van der Waals surface area contributed by atoms with E-state index in [1.165, 1.54) is 0 Å². The lowest BCUT2D eigenvalue weighted by Gasteiger charge is -2.37. The van der Waals surface area contributed by atoms with E-state index >= 15 is 0 Å². The first-order valence-corrected chi connectivity index (χ1v) is 9.90. The minimum absolute atomic E-state index is 0.0189. The Bertz CT molecular complexity index is 382. The zero-order valence-corrected chi connectivity index (χ0v) is 17.2. The van der Waals surface area contributed by atoms with Gasteiger partial charge in [0.1, 0.15) is 0 Å². The van der Waals surface area contributed by atoms with Crippen LogP contribution >= 0.6 is 0 Å². The maximum absolute atomic E-state index is 12.2. The van der Waals surface area contributed by atoms with Gasteiger partial charge in [-0.25, -0.2) is 0 Å². The van der Waals surface area contributed by atoms with Crippen molar-refractivity contribution < 1.29 is 38.4 Å². The number of carbonyl (C=O) groups is 2. The Labute approximate surface area is 162 Å². The highest BCUT2D eigenvalue weighted by Gasteiger charge is 2.46. The van der Waals surface area contributed by atoms with Gasteiger partial charge in [0.25, 0.3) is 6.29 Å². The molecule has 0 aromatic rings. The van der Waals surface area contributed by atoms with Gasteiger partial charge in [-0.2, -0.15) is 0 Å². The largest absolute Gasteiger partial charge is 0.481 e. The second kappa shape index (κ2) is 15.8. The summed E-state index contributed by atoms with van der Waals surface area (Å²) in [5.41, 5.74) is 0. The van der Waals surface area contributed by atoms with E-state index in [0.717, 1.165) is 19.3 Å². The fraction of sp³-hybridized carbons (Fsp3) is 0.895. The molecule has 0 bridgehead atoms. The Kier molecular flexibility index (Phi) is 15.1. The second-order valence-electron chi connectivity index (χ2n) is 5.90. The summed E-state index contributed by atoms with van der Waals surface area (Å²) >= 11 is 0. The monoisotopic (exact) mass is 392 g/mol. The second-order valence-corrected chi connectivity index (χ2v) is 5.90. The van der Waals surface area contributed by atoms with Crippen LogP contribution in [0.5, 0.6) is 0 Å². The molecular weight excluding hydrogens is 356 g/mol. The van der Waals surface area contributed by atoms with Crippen molar-refractivity contribution >= 4 is 11.9 Å². The summed E-state index contributed by atoms with van der Waals surface area (Å²) < 4.78 is 28.2. The summed E-state index contributed by atoms with van der Waals surface area (Å²) in [4.78, 5) is 22.8. The number of carboxylic acid groups (broad SMARTS) is 1. The van der Waals surface area contributed by atoms with Crippen LogP contribution in [-0.2, 0) is 33.3 Å². The highest BCUT2D eigenvalue weighted by molar-refractivity contribution is 5.70. The number of hydrogen-bond acceptors (Lipinski definition) is 7. The van der Waals surface area contributed by atoms with Gasteiger partial charge < -0.3 is 28.8 Å². The molecule has 1 atom stereocenters. The minimum atomic E-state index is -1.62. The third-order valence-corrected chi connectivity index (χ3v) is 3.60. The fourth-order valence-electron chi connectivity index (χ4n) is 2.41. The molecule has 0 rings (SSSR count). The molecule has 0 saturated heterocycles. The molecule has 0 aromatic heterocycles. The quantitative estimate of drug-likeness (QED) is 0.215. The van der Waals surface area contributed by atoms with Crippen LogP contribution in [0.2, 0.25) is 0 Å². The Balaban J connectivity index is 5.02. The number of aliphatic carboxylic acids is 1. The third-order valence-electron chi connectivity index (χ3n) is 3.60. The lowest BCUT2D eigenvalue weighted by atomic mass is 10.2. The molecule has 0 spiro atoms. The van der Waals surface area contributed by atoms with Gasteiger partial charge in [0.05, 0.1) is 6.61 Å². The number of unbranched alkanes of at least 4 members (excludes halogenated alkanes) is 3. The van der Waals surface area contributed by atoms with Gasteiger partial charge in [0, 0.05) is 32.7 Å². The summed E-state index contributed by atoms with van der Waals surface area (Å²) in [6, 6.07) is 0. The van der Waals surface area contributed by atoms with Crippen LogP contribution in [0, 0.1) is 0 Å². The molecule has 0 aromatic carbocycles. The molecular formula is C19H36O8. The van der Waals surface area contributed by atoms with E-state index in [2.05, 4.69) is 6.92 Å². The number of esters is 1. The SMILES string of the molecule is CCCCCOC(OC(=O)CCCCC(=O)O)C(OCC)(OCC)OCC. The molecule has 8 heteroatoms. The molecule has 0 aliphatic carbocycles. The number of carboxylic acids is 1. The molecule has 0 heterocycles. The minimum Gasteiger partial charge on any atom is -0.481 e. The normalized spacial score (nSPS) is 12.7. The van der Waals surface area contributed by atoms with Gasteiger partial charge >= 0.3 is 17.9 Å². The lowest BCUT2D eigenvalue weighted by Crippen LogP contribution is -2.53. The number of carbonyl (C=O) groups excluding carboxylic acids is 1. The summed E-state index contributed by atoms with van der Waals surface area (Å²) in [7, 11) is 0. The highest BCUT2D eigenvalue weighted by atomic mass is 16.9. The number of hydrogen-bond donors (Lipinski definition) is 1. The summed E-state index contributed by atoms with van der Waals surface area (Å²) in [6.07, 6.45) is 2.59. The Morgan fingerprint density at radius 1 is 0.852 bits per heavy atom. The molecule has 0 amide bonds. The van der Waals surface area contributed by atoms with E-state index in [9.17, 15) is 9.59 Å². The topological polar surface area (TPSA) is 101 Å². The van der Waals surface area contributed by atoms with Gasteiger partial charge in [0.2, 0.25) is 0 Å². The van der Waals surface area contributed by atoms with Gasteiger partial charge in [-0.3, -0.25) is 9.59 Å². The fourth-order valence-corrected chi connectivity index (χ4v) is 2.41. The summed E-state index contributed by atoms with van der Waals surface area (Å²) in [6.45, 7) is 8.66. The summed E-state index contributed by atoms with van der Waals surface area (Å²) in [5.74, 6) is -3.02. The van der Waals surface area contributed by atoms with Gasteiger partial charge in [-0.15, -0.1) is 0 Å². The molecule has 0 aliphatic rings. The van der Waals surface area contributed by atoms with Gasteiger partial charge in [-0.1, -0.05) is 19.8 Å². The van der Waals surface area contributed by atoms with Crippen LogP contribution in [0.3, 0.4) is 0 Å². The molecule has 1 N–H and O–H groups in total. The maximum atomic E-state index is 12.2.